The maximum Gasteiger partial charge on any atom is 0.147 e. The van der Waals surface area contributed by atoms with Crippen molar-refractivity contribution in [1.29, 1.82) is 0 Å². The minimum atomic E-state index is 0.170. The van der Waals surface area contributed by atoms with Crippen molar-refractivity contribution in [3.05, 3.63) is 11.6 Å². The Balaban J connectivity index is 2.23. The minimum Gasteiger partial charge on any atom is -0.395 e. The van der Waals surface area contributed by atoms with Gasteiger partial charge < -0.3 is 10.4 Å². The van der Waals surface area contributed by atoms with E-state index < -0.39 is 0 Å². The van der Waals surface area contributed by atoms with Crippen molar-refractivity contribution >= 4 is 0 Å². The van der Waals surface area contributed by atoms with E-state index in [0.29, 0.717) is 0 Å². The highest BCUT2D eigenvalue weighted by molar-refractivity contribution is 4.87. The van der Waals surface area contributed by atoms with E-state index in [1.165, 1.54) is 0 Å². The van der Waals surface area contributed by atoms with Crippen LogP contribution in [0.15, 0.2) is 0 Å². The number of nitrogens with one attached hydrogen (secondary N) is 1. The summed E-state index contributed by atoms with van der Waals surface area (Å²) in [6.45, 7) is 7.77. The summed E-state index contributed by atoms with van der Waals surface area (Å²) in [6, 6.07) is 0.170. The maximum atomic E-state index is 8.81. The molecular formula is C10H20N4O. The summed E-state index contributed by atoms with van der Waals surface area (Å²) in [7, 11) is 0. The summed E-state index contributed by atoms with van der Waals surface area (Å²) in [4.78, 5) is 4.23. The minimum absolute atomic E-state index is 0.170. The van der Waals surface area contributed by atoms with Crippen LogP contribution in [0.2, 0.25) is 0 Å². The Morgan fingerprint density at radius 3 is 2.73 bits per heavy atom. The van der Waals surface area contributed by atoms with Crippen molar-refractivity contribution in [2.45, 2.75) is 39.8 Å². The average molecular weight is 212 g/mol. The van der Waals surface area contributed by atoms with Crippen LogP contribution in [-0.2, 0) is 6.54 Å². The Labute approximate surface area is 90.5 Å². The normalized spacial score (nSPS) is 13.1. The van der Waals surface area contributed by atoms with Crippen LogP contribution in [0, 0.1) is 13.8 Å². The van der Waals surface area contributed by atoms with E-state index in [4.69, 9.17) is 5.11 Å². The molecule has 0 aliphatic rings. The molecule has 0 saturated heterocycles. The Hall–Kier alpha value is -0.940. The Morgan fingerprint density at radius 2 is 2.20 bits per heavy atom. The summed E-state index contributed by atoms with van der Waals surface area (Å²) in [5.41, 5.74) is 0. The number of nitrogens with zero attached hydrogens (tertiary/aromatic N) is 3. The van der Waals surface area contributed by atoms with Crippen LogP contribution >= 0.6 is 0 Å². The van der Waals surface area contributed by atoms with Gasteiger partial charge in [0.05, 0.1) is 6.61 Å². The second-order valence-electron chi connectivity index (χ2n) is 3.82. The summed E-state index contributed by atoms with van der Waals surface area (Å²) in [6.07, 6.45) is 0.994. The molecule has 0 amide bonds. The van der Waals surface area contributed by atoms with E-state index in [2.05, 4.69) is 15.4 Å². The van der Waals surface area contributed by atoms with Crippen molar-refractivity contribution in [2.75, 3.05) is 13.2 Å². The number of aliphatic hydroxyl groups is 1. The molecule has 5 nitrogen and oxygen atoms in total. The lowest BCUT2D eigenvalue weighted by Crippen LogP contribution is -2.30. The third-order valence-corrected chi connectivity index (χ3v) is 2.28. The molecule has 1 aromatic heterocycles. The molecule has 2 N–H and O–H groups in total. The molecule has 0 aliphatic carbocycles. The molecule has 0 aliphatic heterocycles. The maximum absolute atomic E-state index is 8.81. The van der Waals surface area contributed by atoms with Crippen molar-refractivity contribution in [3.8, 4) is 0 Å². The smallest absolute Gasteiger partial charge is 0.147 e. The zero-order chi connectivity index (χ0) is 11.3. The molecule has 0 saturated carbocycles. The molecule has 5 heteroatoms. The van der Waals surface area contributed by atoms with Gasteiger partial charge in [0, 0.05) is 12.6 Å². The number of rotatable bonds is 6. The third-order valence-electron chi connectivity index (χ3n) is 2.28. The number of aryl methyl sites for hydroxylation is 3. The van der Waals surface area contributed by atoms with Crippen LogP contribution in [0.3, 0.4) is 0 Å². The summed E-state index contributed by atoms with van der Waals surface area (Å²) >= 11 is 0. The molecule has 0 bridgehead atoms. The van der Waals surface area contributed by atoms with Gasteiger partial charge >= 0.3 is 0 Å². The predicted octanol–water partition coefficient (Wildman–Crippen LogP) is 0.255. The fourth-order valence-electron chi connectivity index (χ4n) is 1.41. The lowest BCUT2D eigenvalue weighted by atomic mass is 10.3. The van der Waals surface area contributed by atoms with Crippen LogP contribution in [0.25, 0.3) is 0 Å². The molecule has 0 fully saturated rings. The monoisotopic (exact) mass is 212 g/mol. The van der Waals surface area contributed by atoms with E-state index in [9.17, 15) is 0 Å². The van der Waals surface area contributed by atoms with Crippen LogP contribution in [0.5, 0.6) is 0 Å². The van der Waals surface area contributed by atoms with Gasteiger partial charge in [0.1, 0.15) is 11.6 Å². The lowest BCUT2D eigenvalue weighted by Gasteiger charge is -2.10. The SMILES string of the molecule is Cc1nc(C)n(CCCN[C@@H](C)CO)n1. The molecule has 1 heterocycles. The summed E-state index contributed by atoms with van der Waals surface area (Å²) in [5, 5.41) is 16.3. The van der Waals surface area contributed by atoms with Gasteiger partial charge in [-0.2, -0.15) is 5.10 Å². The fraction of sp³-hybridized carbons (Fsp3) is 0.800. The average Bonchev–Trinajstić information content (AvgIpc) is 2.52. The van der Waals surface area contributed by atoms with E-state index in [-0.39, 0.29) is 12.6 Å². The van der Waals surface area contributed by atoms with Crippen LogP contribution in [-0.4, -0.2) is 39.1 Å². The molecule has 1 rings (SSSR count). The fourth-order valence-corrected chi connectivity index (χ4v) is 1.41. The van der Waals surface area contributed by atoms with Gasteiger partial charge in [-0.3, -0.25) is 4.68 Å². The first kappa shape index (κ1) is 12.1. The highest BCUT2D eigenvalue weighted by Crippen LogP contribution is 1.97. The second kappa shape index (κ2) is 5.82. The zero-order valence-electron chi connectivity index (χ0n) is 9.69. The Kier molecular flexibility index (Phi) is 4.71. The molecule has 0 radical (unpaired) electrons. The second-order valence-corrected chi connectivity index (χ2v) is 3.82. The molecule has 1 aromatic rings. The van der Waals surface area contributed by atoms with Gasteiger partial charge in [-0.15, -0.1) is 0 Å². The molecule has 0 spiro atoms. The van der Waals surface area contributed by atoms with Gasteiger partial charge in [0.2, 0.25) is 0 Å². The Morgan fingerprint density at radius 1 is 1.47 bits per heavy atom. The zero-order valence-corrected chi connectivity index (χ0v) is 9.69. The highest BCUT2D eigenvalue weighted by Gasteiger charge is 2.02. The lowest BCUT2D eigenvalue weighted by molar-refractivity contribution is 0.251. The molecule has 15 heavy (non-hydrogen) atoms. The van der Waals surface area contributed by atoms with E-state index in [1.54, 1.807) is 0 Å². The van der Waals surface area contributed by atoms with Gasteiger partial charge in [-0.1, -0.05) is 0 Å². The summed E-state index contributed by atoms with van der Waals surface area (Å²) in [5.74, 6) is 1.78. The first-order chi connectivity index (χ1) is 7.13. The number of aliphatic hydroxyl groups excluding tert-OH is 1. The molecule has 86 valence electrons. The van der Waals surface area contributed by atoms with E-state index in [0.717, 1.165) is 31.2 Å². The number of aromatic nitrogens is 3. The molecule has 1 atom stereocenters. The quantitative estimate of drug-likeness (QED) is 0.664. The largest absolute Gasteiger partial charge is 0.395 e. The molecule has 0 unspecified atom stereocenters. The number of hydrogen-bond donors (Lipinski definition) is 2. The molecule has 0 aromatic carbocycles. The van der Waals surface area contributed by atoms with Gasteiger partial charge in [0.25, 0.3) is 0 Å². The highest BCUT2D eigenvalue weighted by atomic mass is 16.3. The van der Waals surface area contributed by atoms with Crippen LogP contribution in [0.1, 0.15) is 25.0 Å². The Bertz CT molecular complexity index is 298. The van der Waals surface area contributed by atoms with Crippen LogP contribution in [0.4, 0.5) is 0 Å². The van der Waals surface area contributed by atoms with Crippen molar-refractivity contribution in [1.82, 2.24) is 20.1 Å². The van der Waals surface area contributed by atoms with Gasteiger partial charge in [0.15, 0.2) is 0 Å². The van der Waals surface area contributed by atoms with Crippen molar-refractivity contribution in [2.24, 2.45) is 0 Å². The van der Waals surface area contributed by atoms with Gasteiger partial charge in [-0.25, -0.2) is 4.98 Å². The first-order valence-corrected chi connectivity index (χ1v) is 5.35. The van der Waals surface area contributed by atoms with Crippen LogP contribution < -0.4 is 5.32 Å². The van der Waals surface area contributed by atoms with E-state index in [1.807, 2.05) is 25.5 Å². The topological polar surface area (TPSA) is 63.0 Å². The molecular weight excluding hydrogens is 192 g/mol. The van der Waals surface area contributed by atoms with Crippen molar-refractivity contribution < 1.29 is 5.11 Å². The third kappa shape index (κ3) is 3.97. The van der Waals surface area contributed by atoms with Gasteiger partial charge in [-0.05, 0) is 33.7 Å². The van der Waals surface area contributed by atoms with Crippen molar-refractivity contribution in [3.63, 3.8) is 0 Å². The van der Waals surface area contributed by atoms with E-state index >= 15 is 0 Å². The first-order valence-electron chi connectivity index (χ1n) is 5.35. The predicted molar refractivity (Wildman–Crippen MR) is 58.7 cm³/mol. The summed E-state index contributed by atoms with van der Waals surface area (Å²) < 4.78 is 1.92. The standard InChI is InChI=1S/C10H20N4O/c1-8(7-15)11-5-4-6-14-10(3)12-9(2)13-14/h8,11,15H,4-7H2,1-3H3/t8-/m0/s1. The number of hydrogen-bond acceptors (Lipinski definition) is 4.